The average molecular weight is 248 g/mol. The van der Waals surface area contributed by atoms with Gasteiger partial charge in [-0.2, -0.15) is 4.98 Å². The fourth-order valence-corrected chi connectivity index (χ4v) is 1.73. The minimum atomic E-state index is -0.348. The summed E-state index contributed by atoms with van der Waals surface area (Å²) in [6.07, 6.45) is 1.76. The van der Waals surface area contributed by atoms with Crippen LogP contribution in [0.15, 0.2) is 6.07 Å². The highest BCUT2D eigenvalue weighted by Gasteiger charge is 2.12. The molecule has 0 N–H and O–H groups in total. The molecule has 0 amide bonds. The molecule has 0 aliphatic heterocycles. The summed E-state index contributed by atoms with van der Waals surface area (Å²) in [7, 11) is 1.35. The van der Waals surface area contributed by atoms with E-state index in [2.05, 4.69) is 26.7 Å². The summed E-state index contributed by atoms with van der Waals surface area (Å²) in [5.74, 6) is 0.641. The highest BCUT2D eigenvalue weighted by Crippen LogP contribution is 2.09. The predicted octanol–water partition coefficient (Wildman–Crippen LogP) is 0.965. The zero-order valence-corrected chi connectivity index (χ0v) is 10.8. The SMILES string of the molecule is CCc1cc(CC)n2nc(CC(=O)OC)nc2n1. The van der Waals surface area contributed by atoms with Crippen LogP contribution >= 0.6 is 0 Å². The van der Waals surface area contributed by atoms with Gasteiger partial charge in [-0.15, -0.1) is 5.10 Å². The largest absolute Gasteiger partial charge is 0.469 e. The number of aromatic nitrogens is 4. The Morgan fingerprint density at radius 3 is 2.72 bits per heavy atom. The van der Waals surface area contributed by atoms with Crippen LogP contribution in [0.3, 0.4) is 0 Å². The van der Waals surface area contributed by atoms with Crippen LogP contribution < -0.4 is 0 Å². The molecule has 0 bridgehead atoms. The Kier molecular flexibility index (Phi) is 3.55. The maximum atomic E-state index is 11.2. The van der Waals surface area contributed by atoms with Crippen LogP contribution in [-0.4, -0.2) is 32.7 Å². The van der Waals surface area contributed by atoms with E-state index in [0.29, 0.717) is 11.6 Å². The molecule has 0 atom stereocenters. The van der Waals surface area contributed by atoms with Gasteiger partial charge in [-0.25, -0.2) is 9.50 Å². The predicted molar refractivity (Wildman–Crippen MR) is 65.3 cm³/mol. The Labute approximate surface area is 105 Å². The second-order valence-corrected chi connectivity index (χ2v) is 3.94. The monoisotopic (exact) mass is 248 g/mol. The van der Waals surface area contributed by atoms with Crippen LogP contribution in [-0.2, 0) is 28.8 Å². The molecule has 2 rings (SSSR count). The molecule has 0 unspecified atom stereocenters. The number of ether oxygens (including phenoxy) is 1. The van der Waals surface area contributed by atoms with Crippen LogP contribution in [0, 0.1) is 0 Å². The van der Waals surface area contributed by atoms with Gasteiger partial charge in [-0.05, 0) is 18.9 Å². The summed E-state index contributed by atoms with van der Waals surface area (Å²) < 4.78 is 6.29. The van der Waals surface area contributed by atoms with Crippen molar-refractivity contribution in [2.24, 2.45) is 0 Å². The first-order valence-electron chi connectivity index (χ1n) is 5.99. The van der Waals surface area contributed by atoms with Crippen LogP contribution in [0.25, 0.3) is 5.78 Å². The molecule has 0 fully saturated rings. The van der Waals surface area contributed by atoms with Crippen molar-refractivity contribution < 1.29 is 9.53 Å². The van der Waals surface area contributed by atoms with Crippen molar-refractivity contribution >= 4 is 11.7 Å². The molecule has 2 aromatic rings. The maximum Gasteiger partial charge on any atom is 0.313 e. The van der Waals surface area contributed by atoms with Crippen molar-refractivity contribution in [3.63, 3.8) is 0 Å². The number of methoxy groups -OCH3 is 1. The van der Waals surface area contributed by atoms with Gasteiger partial charge in [-0.1, -0.05) is 13.8 Å². The number of nitrogens with zero attached hydrogens (tertiary/aromatic N) is 4. The second kappa shape index (κ2) is 5.12. The van der Waals surface area contributed by atoms with Gasteiger partial charge in [-0.3, -0.25) is 4.79 Å². The van der Waals surface area contributed by atoms with Crippen molar-refractivity contribution in [2.45, 2.75) is 33.1 Å². The molecule has 0 saturated carbocycles. The number of fused-ring (bicyclic) bond motifs is 1. The lowest BCUT2D eigenvalue weighted by Crippen LogP contribution is -2.06. The Morgan fingerprint density at radius 2 is 2.11 bits per heavy atom. The number of aryl methyl sites for hydroxylation is 2. The highest BCUT2D eigenvalue weighted by atomic mass is 16.5. The fourth-order valence-electron chi connectivity index (χ4n) is 1.73. The molecule has 0 aliphatic carbocycles. The lowest BCUT2D eigenvalue weighted by Gasteiger charge is -2.02. The average Bonchev–Trinajstić information content (AvgIpc) is 2.79. The number of rotatable bonds is 4. The first-order valence-corrected chi connectivity index (χ1v) is 5.99. The second-order valence-electron chi connectivity index (χ2n) is 3.94. The van der Waals surface area contributed by atoms with Crippen LogP contribution in [0.2, 0.25) is 0 Å². The molecule has 6 heteroatoms. The van der Waals surface area contributed by atoms with E-state index in [1.807, 2.05) is 13.0 Å². The van der Waals surface area contributed by atoms with Gasteiger partial charge in [0.25, 0.3) is 5.78 Å². The molecule has 2 aromatic heterocycles. The van der Waals surface area contributed by atoms with Crippen LogP contribution in [0.5, 0.6) is 0 Å². The van der Waals surface area contributed by atoms with Gasteiger partial charge in [0.1, 0.15) is 6.42 Å². The summed E-state index contributed by atoms with van der Waals surface area (Å²) in [5.41, 5.74) is 2.02. The minimum absolute atomic E-state index is 0.0739. The van der Waals surface area contributed by atoms with E-state index in [-0.39, 0.29) is 12.4 Å². The molecule has 6 nitrogen and oxygen atoms in total. The number of carbonyl (C=O) groups excluding carboxylic acids is 1. The third kappa shape index (κ3) is 2.32. The van der Waals surface area contributed by atoms with E-state index in [1.54, 1.807) is 4.52 Å². The van der Waals surface area contributed by atoms with Gasteiger partial charge in [0.15, 0.2) is 5.82 Å². The summed E-state index contributed by atoms with van der Waals surface area (Å²) in [6.45, 7) is 4.10. The maximum absolute atomic E-state index is 11.2. The summed E-state index contributed by atoms with van der Waals surface area (Å²) in [6, 6.07) is 2.02. The quantitative estimate of drug-likeness (QED) is 0.754. The van der Waals surface area contributed by atoms with E-state index in [4.69, 9.17) is 0 Å². The Morgan fingerprint density at radius 1 is 1.33 bits per heavy atom. The van der Waals surface area contributed by atoms with Gasteiger partial charge in [0, 0.05) is 11.4 Å². The molecule has 0 spiro atoms. The van der Waals surface area contributed by atoms with E-state index < -0.39 is 0 Å². The molecular formula is C12H16N4O2. The van der Waals surface area contributed by atoms with Crippen molar-refractivity contribution in [2.75, 3.05) is 7.11 Å². The van der Waals surface area contributed by atoms with Gasteiger partial charge < -0.3 is 4.74 Å². The van der Waals surface area contributed by atoms with Crippen LogP contribution in [0.4, 0.5) is 0 Å². The number of esters is 1. The number of carbonyl (C=O) groups is 1. The summed E-state index contributed by atoms with van der Waals surface area (Å²) >= 11 is 0. The smallest absolute Gasteiger partial charge is 0.313 e. The molecule has 0 saturated heterocycles. The zero-order chi connectivity index (χ0) is 13.1. The Hall–Kier alpha value is -1.98. The zero-order valence-electron chi connectivity index (χ0n) is 10.8. The number of hydrogen-bond acceptors (Lipinski definition) is 5. The normalized spacial score (nSPS) is 10.8. The minimum Gasteiger partial charge on any atom is -0.469 e. The van der Waals surface area contributed by atoms with Crippen LogP contribution in [0.1, 0.15) is 31.1 Å². The van der Waals surface area contributed by atoms with Gasteiger partial charge >= 0.3 is 5.97 Å². The molecule has 0 aliphatic rings. The Bertz CT molecular complexity index is 577. The number of hydrogen-bond donors (Lipinski definition) is 0. The van der Waals surface area contributed by atoms with E-state index in [9.17, 15) is 4.79 Å². The molecular weight excluding hydrogens is 232 g/mol. The Balaban J connectivity index is 2.46. The fraction of sp³-hybridized carbons (Fsp3) is 0.500. The molecule has 0 radical (unpaired) electrons. The van der Waals surface area contributed by atoms with Crippen molar-refractivity contribution in [1.82, 2.24) is 19.6 Å². The van der Waals surface area contributed by atoms with Crippen molar-refractivity contribution in [1.29, 1.82) is 0 Å². The molecule has 0 aromatic carbocycles. The highest BCUT2D eigenvalue weighted by molar-refractivity contribution is 5.71. The van der Waals surface area contributed by atoms with Gasteiger partial charge in [0.2, 0.25) is 0 Å². The first kappa shape index (κ1) is 12.5. The van der Waals surface area contributed by atoms with Crippen molar-refractivity contribution in [3.8, 4) is 0 Å². The molecule has 96 valence electrons. The first-order chi connectivity index (χ1) is 8.67. The standard InChI is InChI=1S/C12H16N4O2/c1-4-8-6-9(5-2)16-12(13-8)14-10(15-16)7-11(17)18-3/h6H,4-5,7H2,1-3H3. The third-order valence-electron chi connectivity index (χ3n) is 2.74. The lowest BCUT2D eigenvalue weighted by atomic mass is 10.2. The van der Waals surface area contributed by atoms with E-state index >= 15 is 0 Å². The topological polar surface area (TPSA) is 69.4 Å². The van der Waals surface area contributed by atoms with Gasteiger partial charge in [0.05, 0.1) is 7.11 Å². The van der Waals surface area contributed by atoms with E-state index in [1.165, 1.54) is 7.11 Å². The third-order valence-corrected chi connectivity index (χ3v) is 2.74. The summed E-state index contributed by atoms with van der Waals surface area (Å²) in [4.78, 5) is 19.9. The summed E-state index contributed by atoms with van der Waals surface area (Å²) in [5, 5.41) is 4.29. The molecule has 2 heterocycles. The van der Waals surface area contributed by atoms with E-state index in [0.717, 1.165) is 24.2 Å². The molecule has 18 heavy (non-hydrogen) atoms. The lowest BCUT2D eigenvalue weighted by molar-refractivity contribution is -0.139. The van der Waals surface area contributed by atoms with Crippen molar-refractivity contribution in [3.05, 3.63) is 23.3 Å².